The predicted molar refractivity (Wildman–Crippen MR) is 275 cm³/mol. The zero-order chi connectivity index (χ0) is 48.9. The van der Waals surface area contributed by atoms with Crippen LogP contribution in [0.15, 0.2) is 46.0 Å². The van der Waals surface area contributed by atoms with E-state index in [0.717, 1.165) is 178 Å². The Kier molecular flexibility index (Phi) is 29.1. The number of hydrogen-bond acceptors (Lipinski definition) is 8. The van der Waals surface area contributed by atoms with Crippen LogP contribution in [-0.4, -0.2) is 61.8 Å². The second kappa shape index (κ2) is 32.3. The lowest BCUT2D eigenvalue weighted by atomic mass is 9.49. The molecular weight excluding hydrogens is 825 g/mol. The number of allylic oxidation sites excluding steroid dienone is 6. The fourth-order valence-corrected chi connectivity index (χ4v) is 12.0. The van der Waals surface area contributed by atoms with Gasteiger partial charge >= 0.3 is 11.9 Å². The van der Waals surface area contributed by atoms with E-state index in [0.29, 0.717) is 37.6 Å². The molecule has 0 aromatic heterocycles. The molecule has 2 atom stereocenters. The Labute approximate surface area is 405 Å². The minimum atomic E-state index is -0.203. The Balaban J connectivity index is 1.95. The third-order valence-corrected chi connectivity index (χ3v) is 15.6. The number of hydrogen-bond donors (Lipinski definition) is 2. The van der Waals surface area contributed by atoms with E-state index in [1.165, 1.54) is 11.1 Å². The van der Waals surface area contributed by atoms with Gasteiger partial charge in [0, 0.05) is 23.7 Å². The van der Waals surface area contributed by atoms with Gasteiger partial charge < -0.3 is 29.2 Å². The summed E-state index contributed by atoms with van der Waals surface area (Å²) >= 11 is 0. The molecule has 0 aromatic carbocycles. The van der Waals surface area contributed by atoms with Crippen molar-refractivity contribution >= 4 is 11.9 Å². The van der Waals surface area contributed by atoms with Crippen molar-refractivity contribution in [2.24, 2.45) is 21.7 Å². The number of aliphatic hydroxyl groups excluding tert-OH is 2. The Hall–Kier alpha value is -2.58. The van der Waals surface area contributed by atoms with Crippen LogP contribution < -0.4 is 0 Å². The number of ether oxygens (including phenoxy) is 4. The summed E-state index contributed by atoms with van der Waals surface area (Å²) in [6, 6.07) is 0. The molecule has 0 spiro atoms. The number of carbonyl (C=O) groups is 2. The topological polar surface area (TPSA) is 112 Å². The van der Waals surface area contributed by atoms with E-state index in [1.807, 2.05) is 0 Å². The van der Waals surface area contributed by atoms with Crippen LogP contribution in [0, 0.1) is 21.7 Å². The van der Waals surface area contributed by atoms with E-state index in [4.69, 9.17) is 18.9 Å². The van der Waals surface area contributed by atoms with Crippen LogP contribution in [0.4, 0.5) is 0 Å². The van der Waals surface area contributed by atoms with Crippen LogP contribution in [-0.2, 0) is 28.5 Å². The number of aliphatic hydroxyl groups is 2. The highest BCUT2D eigenvalue weighted by Crippen LogP contribution is 2.64. The highest BCUT2D eigenvalue weighted by atomic mass is 16.6. The third-order valence-electron chi connectivity index (χ3n) is 15.6. The fourth-order valence-electron chi connectivity index (χ4n) is 12.0. The maximum absolute atomic E-state index is 13.4. The molecule has 2 aliphatic rings. The lowest BCUT2D eigenvalue weighted by molar-refractivity contribution is -0.148. The first-order chi connectivity index (χ1) is 31.8. The normalized spacial score (nSPS) is 20.4. The largest absolute Gasteiger partial charge is 0.508 e. The SMILES string of the molecule is CCCCC1=C(O)C(C)=CC(CCCC)(CCC(=O)OCCOCCOCCOC(=O)CCC2(CCCC)C=C(C)C(O)=C(CCCC)C2(CCCC)CCCC)C1(CCCC)CCCC. The Morgan fingerprint density at radius 1 is 0.424 bits per heavy atom. The Morgan fingerprint density at radius 3 is 1.02 bits per heavy atom. The standard InChI is InChI=1S/C58H102O8/c1-11-19-27-49-53(61)47(9)45-55(31-21-13-3,57(49,33-23-15-5)34-24-16-6)37-29-51(59)65-43-41-63-39-40-64-42-44-66-52(60)30-38-56(32-22-14-4)46-48(10)54(62)50(28-20-12-2)58(56,35-25-17-7)36-26-18-8/h45-46,61-62H,11-44H2,1-10H3. The summed E-state index contributed by atoms with van der Waals surface area (Å²) in [6.45, 7) is 23.7. The van der Waals surface area contributed by atoms with Gasteiger partial charge in [0.1, 0.15) is 24.7 Å². The zero-order valence-corrected chi connectivity index (χ0v) is 44.5. The molecule has 0 aromatic rings. The van der Waals surface area contributed by atoms with Crippen molar-refractivity contribution in [3.8, 4) is 0 Å². The Morgan fingerprint density at radius 2 is 0.712 bits per heavy atom. The molecule has 8 heteroatoms. The number of carbonyl (C=O) groups excluding carboxylic acids is 2. The van der Waals surface area contributed by atoms with Crippen molar-refractivity contribution < 1.29 is 38.7 Å². The molecule has 0 heterocycles. The summed E-state index contributed by atoms with van der Waals surface area (Å²) in [7, 11) is 0. The molecule has 0 bridgehead atoms. The van der Waals surface area contributed by atoms with Crippen LogP contribution >= 0.6 is 0 Å². The molecule has 0 amide bonds. The van der Waals surface area contributed by atoms with Crippen LogP contribution in [0.25, 0.3) is 0 Å². The quantitative estimate of drug-likeness (QED) is 0.0463. The first-order valence-corrected chi connectivity index (χ1v) is 27.5. The molecule has 382 valence electrons. The fraction of sp³-hybridized carbons (Fsp3) is 0.828. The highest BCUT2D eigenvalue weighted by Gasteiger charge is 2.55. The summed E-state index contributed by atoms with van der Waals surface area (Å²) in [6.07, 6.45) is 32.3. The van der Waals surface area contributed by atoms with E-state index in [9.17, 15) is 19.8 Å². The predicted octanol–water partition coefficient (Wildman–Crippen LogP) is 16.7. The summed E-state index contributed by atoms with van der Waals surface area (Å²) in [4.78, 5) is 26.7. The molecule has 0 radical (unpaired) electrons. The van der Waals surface area contributed by atoms with Crippen LogP contribution in [0.3, 0.4) is 0 Å². The minimum absolute atomic E-state index is 0.159. The smallest absolute Gasteiger partial charge is 0.305 e. The van der Waals surface area contributed by atoms with Gasteiger partial charge in [0.05, 0.1) is 26.4 Å². The van der Waals surface area contributed by atoms with Crippen molar-refractivity contribution in [1.29, 1.82) is 0 Å². The maximum Gasteiger partial charge on any atom is 0.305 e. The first kappa shape index (κ1) is 59.5. The summed E-state index contributed by atoms with van der Waals surface area (Å²) in [5.41, 5.74) is 3.68. The van der Waals surface area contributed by atoms with Crippen molar-refractivity contribution in [3.05, 3.63) is 46.0 Å². The summed E-state index contributed by atoms with van der Waals surface area (Å²) in [5.74, 6) is 0.615. The second-order valence-electron chi connectivity index (χ2n) is 20.3. The van der Waals surface area contributed by atoms with Crippen LogP contribution in [0.1, 0.15) is 249 Å². The van der Waals surface area contributed by atoms with E-state index in [2.05, 4.69) is 81.4 Å². The maximum atomic E-state index is 13.4. The van der Waals surface area contributed by atoms with E-state index < -0.39 is 0 Å². The van der Waals surface area contributed by atoms with Crippen molar-refractivity contribution in [2.75, 3.05) is 39.6 Å². The van der Waals surface area contributed by atoms with Gasteiger partial charge in [-0.15, -0.1) is 0 Å². The van der Waals surface area contributed by atoms with Crippen LogP contribution in [0.2, 0.25) is 0 Å². The van der Waals surface area contributed by atoms with Gasteiger partial charge in [-0.3, -0.25) is 9.59 Å². The van der Waals surface area contributed by atoms with Gasteiger partial charge in [-0.1, -0.05) is 157 Å². The van der Waals surface area contributed by atoms with Gasteiger partial charge in [-0.25, -0.2) is 0 Å². The van der Waals surface area contributed by atoms with E-state index >= 15 is 0 Å². The molecule has 0 saturated heterocycles. The number of rotatable bonds is 39. The van der Waals surface area contributed by atoms with E-state index in [-0.39, 0.29) is 60.0 Å². The minimum Gasteiger partial charge on any atom is -0.508 e. The lowest BCUT2D eigenvalue weighted by Crippen LogP contribution is -2.46. The second-order valence-corrected chi connectivity index (χ2v) is 20.3. The van der Waals surface area contributed by atoms with Gasteiger partial charge in [-0.05, 0) is 124 Å². The summed E-state index contributed by atoms with van der Waals surface area (Å²) in [5, 5.41) is 23.3. The molecule has 0 fully saturated rings. The van der Waals surface area contributed by atoms with E-state index in [1.54, 1.807) is 0 Å². The molecule has 2 N–H and O–H groups in total. The molecule has 2 aliphatic carbocycles. The van der Waals surface area contributed by atoms with Crippen molar-refractivity contribution in [3.63, 3.8) is 0 Å². The van der Waals surface area contributed by atoms with Gasteiger partial charge in [0.25, 0.3) is 0 Å². The van der Waals surface area contributed by atoms with Crippen molar-refractivity contribution in [2.45, 2.75) is 249 Å². The van der Waals surface area contributed by atoms with Gasteiger partial charge in [0.15, 0.2) is 0 Å². The third kappa shape index (κ3) is 16.5. The molecule has 2 unspecified atom stereocenters. The molecule has 8 nitrogen and oxygen atoms in total. The molecular formula is C58H102O8. The van der Waals surface area contributed by atoms with Crippen molar-refractivity contribution in [1.82, 2.24) is 0 Å². The monoisotopic (exact) mass is 927 g/mol. The lowest BCUT2D eigenvalue weighted by Gasteiger charge is -2.55. The number of unbranched alkanes of at least 4 members (excludes halogenated alkanes) is 8. The first-order valence-electron chi connectivity index (χ1n) is 27.5. The molecule has 0 aliphatic heterocycles. The number of esters is 2. The zero-order valence-electron chi connectivity index (χ0n) is 44.5. The van der Waals surface area contributed by atoms with Gasteiger partial charge in [0.2, 0.25) is 0 Å². The van der Waals surface area contributed by atoms with Crippen LogP contribution in [0.5, 0.6) is 0 Å². The van der Waals surface area contributed by atoms with Gasteiger partial charge in [-0.2, -0.15) is 0 Å². The molecule has 0 saturated carbocycles. The molecule has 66 heavy (non-hydrogen) atoms. The highest BCUT2D eigenvalue weighted by molar-refractivity contribution is 5.70. The summed E-state index contributed by atoms with van der Waals surface area (Å²) < 4.78 is 23.0. The Bertz CT molecular complexity index is 1390. The molecule has 2 rings (SSSR count). The average Bonchev–Trinajstić information content (AvgIpc) is 3.31. The average molecular weight is 927 g/mol.